The molecule has 1 saturated carbocycles. The second kappa shape index (κ2) is 30.5. The number of nitrogens with zero attached hydrogens (tertiary/aromatic N) is 5. The monoisotopic (exact) mass is 1160 g/mol. The van der Waals surface area contributed by atoms with E-state index in [1.54, 1.807) is 47.1 Å². The number of carbonyl (C=O) groups is 6. The zero-order valence-electron chi connectivity index (χ0n) is 47.2. The minimum absolute atomic E-state index is 0.124. The van der Waals surface area contributed by atoms with Crippen molar-refractivity contribution in [3.8, 4) is 28.1 Å². The minimum atomic E-state index is -1.25. The highest BCUT2D eigenvalue weighted by Gasteiger charge is 2.45. The Kier molecular flexibility index (Phi) is 22.6. The molecule has 1 aliphatic carbocycles. The van der Waals surface area contributed by atoms with Gasteiger partial charge in [0.15, 0.2) is 5.78 Å². The lowest BCUT2D eigenvalue weighted by atomic mass is 9.92. The van der Waals surface area contributed by atoms with Crippen LogP contribution in [0, 0.1) is 5.82 Å². The third-order valence-corrected chi connectivity index (χ3v) is 14.3. The van der Waals surface area contributed by atoms with Crippen molar-refractivity contribution < 1.29 is 72.2 Å². The van der Waals surface area contributed by atoms with Gasteiger partial charge in [0.1, 0.15) is 17.3 Å². The topological polar surface area (TPSA) is 272 Å². The van der Waals surface area contributed by atoms with E-state index in [2.05, 4.69) is 20.9 Å². The normalized spacial score (nSPS) is 15.0. The van der Waals surface area contributed by atoms with Crippen LogP contribution in [0.1, 0.15) is 107 Å². The van der Waals surface area contributed by atoms with Crippen LogP contribution in [-0.4, -0.2) is 159 Å². The zero-order valence-corrected chi connectivity index (χ0v) is 47.2. The molecule has 22 heteroatoms. The van der Waals surface area contributed by atoms with E-state index in [-0.39, 0.29) is 67.4 Å². The highest BCUT2D eigenvalue weighted by atomic mass is 19.1. The van der Waals surface area contributed by atoms with Crippen LogP contribution in [0.3, 0.4) is 0 Å². The van der Waals surface area contributed by atoms with Crippen LogP contribution >= 0.6 is 0 Å². The van der Waals surface area contributed by atoms with Crippen molar-refractivity contribution in [1.82, 2.24) is 24.5 Å². The van der Waals surface area contributed by atoms with Gasteiger partial charge < -0.3 is 54.2 Å². The summed E-state index contributed by atoms with van der Waals surface area (Å²) in [5, 5.41) is 45.3. The van der Waals surface area contributed by atoms with Gasteiger partial charge in [0.2, 0.25) is 0 Å². The summed E-state index contributed by atoms with van der Waals surface area (Å²) < 4.78 is 47.1. The number of rotatable bonds is 34. The number of aliphatic hydroxyl groups is 2. The number of hydrogen-bond acceptors (Lipinski definition) is 16. The molecule has 3 atom stereocenters. The molecule has 2 aliphatic rings. The second-order valence-corrected chi connectivity index (χ2v) is 20.8. The van der Waals surface area contributed by atoms with E-state index >= 15 is 0 Å². The molecule has 0 radical (unpaired) electrons. The second-order valence-electron chi connectivity index (χ2n) is 20.8. The van der Waals surface area contributed by atoms with Gasteiger partial charge >= 0.3 is 5.97 Å². The zero-order chi connectivity index (χ0) is 59.5. The van der Waals surface area contributed by atoms with E-state index in [0.717, 1.165) is 10.6 Å². The Morgan fingerprint density at radius 2 is 1.46 bits per heavy atom. The van der Waals surface area contributed by atoms with Gasteiger partial charge in [-0.05, 0) is 110 Å². The average Bonchev–Trinajstić information content (AvgIpc) is 2.15. The predicted octanol–water partition coefficient (Wildman–Crippen LogP) is 7.38. The quantitative estimate of drug-likeness (QED) is 0.0150. The molecule has 3 amide bonds. The fourth-order valence-corrected chi connectivity index (χ4v) is 10.4. The van der Waals surface area contributed by atoms with Gasteiger partial charge in [-0.2, -0.15) is 0 Å². The van der Waals surface area contributed by atoms with E-state index in [9.17, 15) is 48.5 Å². The number of para-hydroxylation sites is 1. The molecule has 446 valence electrons. The smallest absolute Gasteiger partial charge is 0.305 e. The molecule has 0 spiro atoms. The third-order valence-electron chi connectivity index (χ3n) is 14.3. The lowest BCUT2D eigenvalue weighted by molar-refractivity contribution is -0.139. The van der Waals surface area contributed by atoms with Crippen LogP contribution in [0.2, 0.25) is 0 Å². The maximum atomic E-state index is 14.7. The number of nitrogens with one attached hydrogen (secondary N) is 2. The van der Waals surface area contributed by atoms with Crippen molar-refractivity contribution >= 4 is 46.6 Å². The first kappa shape index (κ1) is 62.1. The van der Waals surface area contributed by atoms with Gasteiger partial charge in [-0.25, -0.2) is 9.07 Å². The van der Waals surface area contributed by atoms with Gasteiger partial charge in [-0.15, -0.1) is 5.10 Å². The predicted molar refractivity (Wildman–Crippen MR) is 307 cm³/mol. The Morgan fingerprint density at radius 3 is 2.17 bits per heavy atom. The standard InChI is InChI=1S/C62H72FN7O14/c1-40(2)58-57(60(77)65-44-10-4-3-5-11-44)55(59(41-16-18-43(63)19-17-41)69(58)24-22-47(72)36-48(73)38-54(75)76)42-9-6-13-49(35-42)84-26-8-12-45-39-68(67-66-45)25-28-81-30-32-83-34-33-82-31-29-80-27-23-64-51-15-7-14-50-56(51)62(79)70(61(50)78)52-21-20-46(71)37-53(52)74/h3-7,9-11,13-19,35,39-40,47-48,52,64,72-73H,8,12,20-34,36-38H2,1-2H3,(H,65,77)(H,75,76)/t47-,48-,52?/m1/s1. The number of aromatic nitrogens is 4. The maximum Gasteiger partial charge on any atom is 0.305 e. The van der Waals surface area contributed by atoms with Crippen LogP contribution in [-0.2, 0) is 52.8 Å². The van der Waals surface area contributed by atoms with Crippen molar-refractivity contribution in [2.45, 2.75) is 102 Å². The number of halogens is 1. The van der Waals surface area contributed by atoms with Gasteiger partial charge in [0.05, 0.1) is 125 Å². The Balaban J connectivity index is 0.753. The molecular formula is C62H72FN7O14. The van der Waals surface area contributed by atoms with Crippen LogP contribution in [0.4, 0.5) is 15.8 Å². The van der Waals surface area contributed by atoms with E-state index in [1.165, 1.54) is 12.1 Å². The number of benzene rings is 4. The summed E-state index contributed by atoms with van der Waals surface area (Å²) >= 11 is 0. The van der Waals surface area contributed by atoms with Gasteiger partial charge in [-0.3, -0.25) is 33.7 Å². The lowest BCUT2D eigenvalue weighted by Crippen LogP contribution is -2.47. The van der Waals surface area contributed by atoms with E-state index in [4.69, 9.17) is 23.7 Å². The average molecular weight is 1160 g/mol. The highest BCUT2D eigenvalue weighted by Crippen LogP contribution is 2.44. The number of ether oxygens (including phenoxy) is 5. The highest BCUT2D eigenvalue weighted by molar-refractivity contribution is 6.25. The molecule has 8 rings (SSSR count). The summed E-state index contributed by atoms with van der Waals surface area (Å²) in [6, 6.07) is 26.5. The molecule has 3 heterocycles. The molecule has 84 heavy (non-hydrogen) atoms. The van der Waals surface area contributed by atoms with E-state index < -0.39 is 54.1 Å². The Morgan fingerprint density at radius 1 is 0.762 bits per heavy atom. The Hall–Kier alpha value is -7.99. The van der Waals surface area contributed by atoms with Gasteiger partial charge in [0.25, 0.3) is 17.7 Å². The molecule has 21 nitrogen and oxygen atoms in total. The molecule has 4 aromatic carbocycles. The summed E-state index contributed by atoms with van der Waals surface area (Å²) in [7, 11) is 0. The fourth-order valence-electron chi connectivity index (χ4n) is 10.4. The summed E-state index contributed by atoms with van der Waals surface area (Å²) in [4.78, 5) is 77.5. The first-order valence-electron chi connectivity index (χ1n) is 28.4. The number of aliphatic hydroxyl groups excluding tert-OH is 2. The van der Waals surface area contributed by atoms with E-state index in [1.807, 2.05) is 67.1 Å². The van der Waals surface area contributed by atoms with Crippen LogP contribution < -0.4 is 15.4 Å². The number of aliphatic carboxylic acids is 1. The number of carboxylic acids is 1. The number of Topliss-reactive ketones (excluding diaryl/α,β-unsaturated/α-hetero) is 2. The van der Waals surface area contributed by atoms with Gasteiger partial charge in [0, 0.05) is 48.3 Å². The van der Waals surface area contributed by atoms with Crippen LogP contribution in [0.15, 0.2) is 103 Å². The van der Waals surface area contributed by atoms with Crippen molar-refractivity contribution in [2.75, 3.05) is 76.6 Å². The first-order valence-corrected chi connectivity index (χ1v) is 28.4. The lowest BCUT2D eigenvalue weighted by Gasteiger charge is -2.27. The Labute approximate surface area is 486 Å². The summed E-state index contributed by atoms with van der Waals surface area (Å²) in [5.41, 5.74) is 5.82. The Bertz CT molecular complexity index is 3220. The van der Waals surface area contributed by atoms with E-state index in [0.29, 0.717) is 136 Å². The number of hydrogen-bond donors (Lipinski definition) is 5. The molecule has 5 N–H and O–H groups in total. The number of carbonyl (C=O) groups excluding carboxylic acids is 5. The number of amides is 3. The number of anilines is 2. The van der Waals surface area contributed by atoms with Crippen molar-refractivity contribution in [2.24, 2.45) is 0 Å². The molecule has 0 saturated heterocycles. The molecule has 0 bridgehead atoms. The van der Waals surface area contributed by atoms with Crippen molar-refractivity contribution in [3.05, 3.63) is 137 Å². The fraction of sp³-hybridized carbons (Fsp3) is 0.419. The van der Waals surface area contributed by atoms with Crippen molar-refractivity contribution in [3.63, 3.8) is 0 Å². The molecule has 1 unspecified atom stereocenters. The van der Waals surface area contributed by atoms with Crippen LogP contribution in [0.5, 0.6) is 5.75 Å². The number of carboxylic acid groups (broad SMARTS) is 1. The SMILES string of the molecule is CC(C)c1c(C(=O)Nc2ccccc2)c(-c2cccc(OCCCc3cn(CCOCCOCCOCCOCCNc4cccc5c4C(=O)N(C4CCC(=O)CC4=O)C5=O)nn3)c2)c(-c2ccc(F)cc2)n1CC[C@@H](O)C[C@@H](O)CC(=O)O. The molecule has 6 aromatic rings. The molecule has 2 aromatic heterocycles. The number of fused-ring (bicyclic) bond motifs is 1. The maximum absolute atomic E-state index is 14.7. The molecule has 1 aliphatic heterocycles. The minimum Gasteiger partial charge on any atom is -0.494 e. The van der Waals surface area contributed by atoms with Crippen LogP contribution in [0.25, 0.3) is 22.4 Å². The molecular weight excluding hydrogens is 1090 g/mol. The third kappa shape index (κ3) is 16.6. The molecule has 1 fully saturated rings. The number of aryl methyl sites for hydroxylation is 1. The van der Waals surface area contributed by atoms with Crippen molar-refractivity contribution in [1.29, 1.82) is 0 Å². The first-order chi connectivity index (χ1) is 40.7. The largest absolute Gasteiger partial charge is 0.494 e. The summed E-state index contributed by atoms with van der Waals surface area (Å²) in [6.45, 7) is 8.23. The number of ketones is 2. The van der Waals surface area contributed by atoms with Gasteiger partial charge in [-0.1, -0.05) is 55.5 Å². The number of imide groups is 1. The summed E-state index contributed by atoms with van der Waals surface area (Å²) in [6.07, 6.45) is 0.269. The summed E-state index contributed by atoms with van der Waals surface area (Å²) in [5.74, 6) is -3.32.